The third-order valence-electron chi connectivity index (χ3n) is 3.69. The van der Waals surface area contributed by atoms with Crippen molar-refractivity contribution in [1.82, 2.24) is 10.2 Å². The summed E-state index contributed by atoms with van der Waals surface area (Å²) in [5, 5.41) is 3.95. The summed E-state index contributed by atoms with van der Waals surface area (Å²) >= 11 is 5.90. The maximum Gasteiger partial charge on any atom is 0.239 e. The summed E-state index contributed by atoms with van der Waals surface area (Å²) < 4.78 is 5.62. The van der Waals surface area contributed by atoms with Crippen LogP contribution in [0.5, 0.6) is 5.75 Å². The molecule has 6 heteroatoms. The molecule has 1 unspecified atom stereocenters. The van der Waals surface area contributed by atoms with Crippen molar-refractivity contribution in [3.63, 3.8) is 0 Å². The fourth-order valence-electron chi connectivity index (χ4n) is 2.49. The van der Waals surface area contributed by atoms with Gasteiger partial charge in [-0.2, -0.15) is 0 Å². The smallest absolute Gasteiger partial charge is 0.239 e. The molecule has 1 aliphatic rings. The van der Waals surface area contributed by atoms with Crippen molar-refractivity contribution in [2.75, 3.05) is 26.7 Å². The zero-order valence-corrected chi connectivity index (χ0v) is 14.5. The van der Waals surface area contributed by atoms with E-state index in [0.29, 0.717) is 18.2 Å². The number of carbonyl (C=O) groups excluding carboxylic acids is 1. The number of likely N-dealkylation sites (N-methyl/N-ethyl adjacent to an activating group) is 1. The van der Waals surface area contributed by atoms with Crippen LogP contribution in [0.4, 0.5) is 0 Å². The molecule has 0 bridgehead atoms. The van der Waals surface area contributed by atoms with Gasteiger partial charge in [-0.15, -0.1) is 12.4 Å². The number of hydrogen-bond acceptors (Lipinski definition) is 3. The van der Waals surface area contributed by atoms with Gasteiger partial charge in [0.05, 0.1) is 12.6 Å². The number of hydrogen-bond donors (Lipinski definition) is 1. The monoisotopic (exact) mass is 346 g/mol. The molecule has 1 aromatic rings. The molecule has 1 aromatic carbocycles. The highest BCUT2D eigenvalue weighted by Crippen LogP contribution is 2.17. The normalized spacial score (nSPS) is 17.5. The average Bonchev–Trinajstić information content (AvgIpc) is 2.51. The lowest BCUT2D eigenvalue weighted by atomic mass is 10.0. The van der Waals surface area contributed by atoms with Crippen molar-refractivity contribution in [1.29, 1.82) is 0 Å². The number of ether oxygens (including phenoxy) is 1. The molecule has 1 atom stereocenters. The quantitative estimate of drug-likeness (QED) is 0.804. The van der Waals surface area contributed by atoms with Gasteiger partial charge in [0.2, 0.25) is 5.91 Å². The van der Waals surface area contributed by atoms with Gasteiger partial charge in [-0.05, 0) is 44.0 Å². The third-order valence-corrected chi connectivity index (χ3v) is 3.92. The molecular formula is C16H24Cl2N2O2. The van der Waals surface area contributed by atoms with Crippen LogP contribution in [-0.2, 0) is 4.79 Å². The molecule has 0 aliphatic carbocycles. The maximum absolute atomic E-state index is 12.2. The van der Waals surface area contributed by atoms with Gasteiger partial charge in [0.15, 0.2) is 0 Å². The second kappa shape index (κ2) is 9.93. The molecule has 22 heavy (non-hydrogen) atoms. The lowest BCUT2D eigenvalue weighted by Gasteiger charge is -2.27. The van der Waals surface area contributed by atoms with Crippen molar-refractivity contribution < 1.29 is 9.53 Å². The molecule has 0 saturated carbocycles. The molecule has 124 valence electrons. The summed E-state index contributed by atoms with van der Waals surface area (Å²) in [7, 11) is 1.86. The Labute approximate surface area is 143 Å². The highest BCUT2D eigenvalue weighted by Gasteiger charge is 2.23. The summed E-state index contributed by atoms with van der Waals surface area (Å²) in [6, 6.07) is 7.35. The second-order valence-corrected chi connectivity index (χ2v) is 5.86. The fraction of sp³-hybridized carbons (Fsp3) is 0.562. The van der Waals surface area contributed by atoms with Crippen LogP contribution in [0.3, 0.4) is 0 Å². The lowest BCUT2D eigenvalue weighted by molar-refractivity contribution is -0.132. The minimum Gasteiger partial charge on any atom is -0.493 e. The predicted octanol–water partition coefficient (Wildman–Crippen LogP) is 3.13. The van der Waals surface area contributed by atoms with Crippen LogP contribution in [0.1, 0.15) is 25.7 Å². The Morgan fingerprint density at radius 2 is 2.27 bits per heavy atom. The summed E-state index contributed by atoms with van der Waals surface area (Å²) in [6.45, 7) is 2.23. The average molecular weight is 347 g/mol. The molecule has 1 N–H and O–H groups in total. The Bertz CT molecular complexity index is 465. The number of rotatable bonds is 6. The van der Waals surface area contributed by atoms with E-state index < -0.39 is 0 Å². The number of nitrogens with zero attached hydrogens (tertiary/aromatic N) is 1. The molecular weight excluding hydrogens is 323 g/mol. The molecule has 4 nitrogen and oxygen atoms in total. The first-order valence-electron chi connectivity index (χ1n) is 7.53. The van der Waals surface area contributed by atoms with Crippen molar-refractivity contribution in [2.45, 2.75) is 31.7 Å². The minimum atomic E-state index is -0.00222. The topological polar surface area (TPSA) is 41.6 Å². The van der Waals surface area contributed by atoms with Crippen LogP contribution in [0.15, 0.2) is 24.3 Å². The van der Waals surface area contributed by atoms with Gasteiger partial charge in [0.25, 0.3) is 0 Å². The number of nitrogens with one attached hydrogen (secondary N) is 1. The van der Waals surface area contributed by atoms with Crippen LogP contribution in [0, 0.1) is 0 Å². The van der Waals surface area contributed by atoms with Gasteiger partial charge in [-0.1, -0.05) is 24.1 Å². The number of piperidine rings is 1. The standard InChI is InChI=1S/C16H23ClN2O2.ClH/c1-19(16(20)15-8-2-3-9-18-15)10-5-11-21-14-7-4-6-13(17)12-14;/h4,6-7,12,15,18H,2-3,5,8-11H2,1H3;1H. The van der Waals surface area contributed by atoms with E-state index in [-0.39, 0.29) is 24.4 Å². The van der Waals surface area contributed by atoms with Crippen molar-refractivity contribution in [3.8, 4) is 5.75 Å². The van der Waals surface area contributed by atoms with E-state index in [1.54, 1.807) is 11.0 Å². The van der Waals surface area contributed by atoms with Crippen LogP contribution in [-0.4, -0.2) is 43.6 Å². The van der Waals surface area contributed by atoms with Crippen LogP contribution in [0.2, 0.25) is 5.02 Å². The zero-order chi connectivity index (χ0) is 15.1. The van der Waals surface area contributed by atoms with Gasteiger partial charge >= 0.3 is 0 Å². The molecule has 1 heterocycles. The van der Waals surface area contributed by atoms with E-state index in [0.717, 1.165) is 31.6 Å². The lowest BCUT2D eigenvalue weighted by Crippen LogP contribution is -2.47. The number of halogens is 2. The maximum atomic E-state index is 12.2. The second-order valence-electron chi connectivity index (χ2n) is 5.42. The van der Waals surface area contributed by atoms with Crippen molar-refractivity contribution in [3.05, 3.63) is 29.3 Å². The van der Waals surface area contributed by atoms with Crippen molar-refractivity contribution >= 4 is 29.9 Å². The van der Waals surface area contributed by atoms with E-state index >= 15 is 0 Å². The van der Waals surface area contributed by atoms with E-state index in [1.165, 1.54) is 6.42 Å². The number of amides is 1. The van der Waals surface area contributed by atoms with Gasteiger partial charge in [-0.25, -0.2) is 0 Å². The first-order valence-corrected chi connectivity index (χ1v) is 7.91. The first kappa shape index (κ1) is 19.1. The highest BCUT2D eigenvalue weighted by atomic mass is 35.5. The van der Waals surface area contributed by atoms with Gasteiger partial charge in [0.1, 0.15) is 5.75 Å². The molecule has 2 rings (SSSR count). The van der Waals surface area contributed by atoms with E-state index in [2.05, 4.69) is 5.32 Å². The Kier molecular flexibility index (Phi) is 8.61. The fourth-order valence-corrected chi connectivity index (χ4v) is 2.67. The largest absolute Gasteiger partial charge is 0.493 e. The summed E-state index contributed by atoms with van der Waals surface area (Å²) in [4.78, 5) is 14.0. The Balaban J connectivity index is 0.00000242. The molecule has 0 radical (unpaired) electrons. The first-order chi connectivity index (χ1) is 10.2. The Morgan fingerprint density at radius 1 is 1.45 bits per heavy atom. The number of benzene rings is 1. The molecule has 1 saturated heterocycles. The SMILES string of the molecule is CN(CCCOc1cccc(Cl)c1)C(=O)C1CCCCN1.Cl. The van der Waals surface area contributed by atoms with Crippen LogP contribution >= 0.6 is 24.0 Å². The summed E-state index contributed by atoms with van der Waals surface area (Å²) in [6.07, 6.45) is 4.06. The van der Waals surface area contributed by atoms with Gasteiger partial charge in [-0.3, -0.25) is 4.79 Å². The predicted molar refractivity (Wildman–Crippen MR) is 92.1 cm³/mol. The molecule has 1 amide bonds. The van der Waals surface area contributed by atoms with E-state index in [4.69, 9.17) is 16.3 Å². The summed E-state index contributed by atoms with van der Waals surface area (Å²) in [5.74, 6) is 0.961. The summed E-state index contributed by atoms with van der Waals surface area (Å²) in [5.41, 5.74) is 0. The minimum absolute atomic E-state index is 0. The molecule has 1 aliphatic heterocycles. The zero-order valence-electron chi connectivity index (χ0n) is 12.9. The Morgan fingerprint density at radius 3 is 2.95 bits per heavy atom. The van der Waals surface area contributed by atoms with E-state index in [9.17, 15) is 4.79 Å². The highest BCUT2D eigenvalue weighted by molar-refractivity contribution is 6.30. The number of carbonyl (C=O) groups is 1. The van der Waals surface area contributed by atoms with Gasteiger partial charge < -0.3 is 15.0 Å². The molecule has 0 spiro atoms. The van der Waals surface area contributed by atoms with E-state index in [1.807, 2.05) is 25.2 Å². The van der Waals surface area contributed by atoms with Crippen molar-refractivity contribution in [2.24, 2.45) is 0 Å². The van der Waals surface area contributed by atoms with Gasteiger partial charge in [0, 0.05) is 18.6 Å². The van der Waals surface area contributed by atoms with Crippen LogP contribution in [0.25, 0.3) is 0 Å². The molecule has 1 fully saturated rings. The Hall–Kier alpha value is -0.970. The van der Waals surface area contributed by atoms with Crippen LogP contribution < -0.4 is 10.1 Å². The molecule has 0 aromatic heterocycles. The third kappa shape index (κ3) is 6.03.